The maximum atomic E-state index is 4.90. The van der Waals surface area contributed by atoms with Crippen LogP contribution in [0.3, 0.4) is 0 Å². The number of nitrogens with one attached hydrogen (secondary N) is 1. The third-order valence-corrected chi connectivity index (χ3v) is 5.39. The first-order chi connectivity index (χ1) is 9.17. The SMILES string of the molecule is CCc1nc(N2CC(C)CC2C)sc1CNC1CC1. The summed E-state index contributed by atoms with van der Waals surface area (Å²) in [7, 11) is 0. The van der Waals surface area contributed by atoms with E-state index in [0.29, 0.717) is 6.04 Å². The van der Waals surface area contributed by atoms with Crippen LogP contribution in [0.1, 0.15) is 50.6 Å². The van der Waals surface area contributed by atoms with Crippen molar-refractivity contribution in [2.24, 2.45) is 5.92 Å². The quantitative estimate of drug-likeness (QED) is 0.897. The molecule has 0 spiro atoms. The van der Waals surface area contributed by atoms with E-state index < -0.39 is 0 Å². The van der Waals surface area contributed by atoms with Gasteiger partial charge in [0.1, 0.15) is 0 Å². The van der Waals surface area contributed by atoms with Crippen LogP contribution >= 0.6 is 11.3 Å². The van der Waals surface area contributed by atoms with Gasteiger partial charge in [-0.25, -0.2) is 4.98 Å². The Morgan fingerprint density at radius 3 is 2.74 bits per heavy atom. The average Bonchev–Trinajstić information content (AvgIpc) is 3.03. The second-order valence-electron chi connectivity index (χ2n) is 6.22. The summed E-state index contributed by atoms with van der Waals surface area (Å²) in [6, 6.07) is 1.43. The maximum Gasteiger partial charge on any atom is 0.186 e. The number of aryl methyl sites for hydroxylation is 1. The minimum absolute atomic E-state index is 0.648. The molecule has 1 saturated heterocycles. The van der Waals surface area contributed by atoms with E-state index in [2.05, 4.69) is 31.0 Å². The lowest BCUT2D eigenvalue weighted by Gasteiger charge is -2.20. The highest BCUT2D eigenvalue weighted by Gasteiger charge is 2.29. The van der Waals surface area contributed by atoms with E-state index >= 15 is 0 Å². The molecule has 0 aromatic carbocycles. The normalized spacial score (nSPS) is 27.2. The fourth-order valence-electron chi connectivity index (χ4n) is 3.00. The van der Waals surface area contributed by atoms with Crippen molar-refractivity contribution < 1.29 is 0 Å². The maximum absolute atomic E-state index is 4.90. The average molecular weight is 279 g/mol. The zero-order valence-corrected chi connectivity index (χ0v) is 13.1. The Balaban J connectivity index is 1.74. The predicted octanol–water partition coefficient (Wildman–Crippen LogP) is 3.19. The van der Waals surface area contributed by atoms with Crippen LogP contribution in [0.4, 0.5) is 5.13 Å². The van der Waals surface area contributed by atoms with Crippen molar-refractivity contribution in [1.82, 2.24) is 10.3 Å². The summed E-state index contributed by atoms with van der Waals surface area (Å²) < 4.78 is 0. The Morgan fingerprint density at radius 1 is 1.37 bits per heavy atom. The molecular weight excluding hydrogens is 254 g/mol. The van der Waals surface area contributed by atoms with Gasteiger partial charge < -0.3 is 10.2 Å². The van der Waals surface area contributed by atoms with Crippen LogP contribution in [0, 0.1) is 5.92 Å². The number of hydrogen-bond acceptors (Lipinski definition) is 4. The Bertz CT molecular complexity index is 439. The molecule has 2 atom stereocenters. The summed E-state index contributed by atoms with van der Waals surface area (Å²) in [4.78, 5) is 8.86. The lowest BCUT2D eigenvalue weighted by molar-refractivity contribution is 0.625. The van der Waals surface area contributed by atoms with Crippen molar-refractivity contribution in [1.29, 1.82) is 0 Å². The van der Waals surface area contributed by atoms with Crippen molar-refractivity contribution in [2.75, 3.05) is 11.4 Å². The first-order valence-electron chi connectivity index (χ1n) is 7.66. The first kappa shape index (κ1) is 13.4. The summed E-state index contributed by atoms with van der Waals surface area (Å²) in [6.45, 7) is 9.09. The molecule has 4 heteroatoms. The van der Waals surface area contributed by atoms with Crippen LogP contribution in [0.25, 0.3) is 0 Å². The van der Waals surface area contributed by atoms with Crippen LogP contribution in [0.2, 0.25) is 0 Å². The van der Waals surface area contributed by atoms with Crippen molar-refractivity contribution in [3.63, 3.8) is 0 Å². The van der Waals surface area contributed by atoms with E-state index in [1.807, 2.05) is 11.3 Å². The van der Waals surface area contributed by atoms with Gasteiger partial charge in [-0.05, 0) is 38.5 Å². The molecule has 1 saturated carbocycles. The van der Waals surface area contributed by atoms with Crippen LogP contribution in [-0.2, 0) is 13.0 Å². The smallest absolute Gasteiger partial charge is 0.186 e. The fraction of sp³-hybridized carbons (Fsp3) is 0.800. The van der Waals surface area contributed by atoms with Crippen molar-refractivity contribution >= 4 is 16.5 Å². The molecule has 2 heterocycles. The molecular formula is C15H25N3S. The Kier molecular flexibility index (Phi) is 3.81. The second-order valence-corrected chi connectivity index (χ2v) is 7.28. The molecule has 3 rings (SSSR count). The minimum atomic E-state index is 0.648. The van der Waals surface area contributed by atoms with E-state index in [0.717, 1.165) is 24.9 Å². The molecule has 3 nitrogen and oxygen atoms in total. The summed E-state index contributed by atoms with van der Waals surface area (Å²) in [6.07, 6.45) is 5.06. The Hall–Kier alpha value is -0.610. The van der Waals surface area contributed by atoms with Gasteiger partial charge in [0.25, 0.3) is 0 Å². The van der Waals surface area contributed by atoms with E-state index in [9.17, 15) is 0 Å². The minimum Gasteiger partial charge on any atom is -0.345 e. The number of aromatic nitrogens is 1. The summed E-state index contributed by atoms with van der Waals surface area (Å²) in [5.41, 5.74) is 1.31. The van der Waals surface area contributed by atoms with Crippen LogP contribution < -0.4 is 10.2 Å². The summed E-state index contributed by atoms with van der Waals surface area (Å²) in [5.74, 6) is 0.803. The zero-order chi connectivity index (χ0) is 13.4. The fourth-order valence-corrected chi connectivity index (χ4v) is 4.21. The third-order valence-electron chi connectivity index (χ3n) is 4.26. The highest BCUT2D eigenvalue weighted by atomic mass is 32.1. The highest BCUT2D eigenvalue weighted by molar-refractivity contribution is 7.15. The van der Waals surface area contributed by atoms with Gasteiger partial charge in [-0.3, -0.25) is 0 Å². The lowest BCUT2D eigenvalue weighted by Crippen LogP contribution is -2.26. The molecule has 19 heavy (non-hydrogen) atoms. The summed E-state index contributed by atoms with van der Waals surface area (Å²) in [5, 5.41) is 4.87. The first-order valence-corrected chi connectivity index (χ1v) is 8.47. The number of hydrogen-bond donors (Lipinski definition) is 1. The van der Waals surface area contributed by atoms with Gasteiger partial charge in [-0.2, -0.15) is 0 Å². The van der Waals surface area contributed by atoms with Crippen molar-refractivity contribution in [3.05, 3.63) is 10.6 Å². The van der Waals surface area contributed by atoms with Crippen molar-refractivity contribution in [2.45, 2.75) is 65.1 Å². The molecule has 2 aliphatic rings. The van der Waals surface area contributed by atoms with E-state index in [1.165, 1.54) is 41.5 Å². The predicted molar refractivity (Wildman–Crippen MR) is 81.9 cm³/mol. The molecule has 0 radical (unpaired) electrons. The Labute approximate surface area is 120 Å². The molecule has 106 valence electrons. The van der Waals surface area contributed by atoms with Crippen LogP contribution in [-0.4, -0.2) is 23.6 Å². The monoisotopic (exact) mass is 279 g/mol. The number of rotatable bonds is 5. The van der Waals surface area contributed by atoms with Gasteiger partial charge in [0.05, 0.1) is 5.69 Å². The lowest BCUT2D eigenvalue weighted by atomic mass is 10.1. The summed E-state index contributed by atoms with van der Waals surface area (Å²) >= 11 is 1.91. The van der Waals surface area contributed by atoms with Crippen LogP contribution in [0.5, 0.6) is 0 Å². The largest absolute Gasteiger partial charge is 0.345 e. The molecule has 0 bridgehead atoms. The van der Waals surface area contributed by atoms with Crippen molar-refractivity contribution in [3.8, 4) is 0 Å². The number of nitrogens with zero attached hydrogens (tertiary/aromatic N) is 2. The Morgan fingerprint density at radius 2 is 2.16 bits per heavy atom. The molecule has 1 N–H and O–H groups in total. The van der Waals surface area contributed by atoms with Gasteiger partial charge >= 0.3 is 0 Å². The second kappa shape index (κ2) is 5.41. The molecule has 2 fully saturated rings. The molecule has 1 aromatic heterocycles. The van der Waals surface area contributed by atoms with Gasteiger partial charge in [-0.1, -0.05) is 13.8 Å². The molecule has 1 aliphatic carbocycles. The van der Waals surface area contributed by atoms with Gasteiger partial charge in [-0.15, -0.1) is 11.3 Å². The van der Waals surface area contributed by atoms with Gasteiger partial charge in [0, 0.05) is 30.1 Å². The molecule has 1 aromatic rings. The van der Waals surface area contributed by atoms with Crippen LogP contribution in [0.15, 0.2) is 0 Å². The zero-order valence-electron chi connectivity index (χ0n) is 12.3. The molecule has 2 unspecified atom stereocenters. The van der Waals surface area contributed by atoms with E-state index in [1.54, 1.807) is 0 Å². The van der Waals surface area contributed by atoms with E-state index in [4.69, 9.17) is 4.98 Å². The van der Waals surface area contributed by atoms with Gasteiger partial charge in [0.15, 0.2) is 5.13 Å². The van der Waals surface area contributed by atoms with Gasteiger partial charge in [0.2, 0.25) is 0 Å². The highest BCUT2D eigenvalue weighted by Crippen LogP contribution is 2.34. The topological polar surface area (TPSA) is 28.2 Å². The standard InChI is InChI=1S/C15H25N3S/c1-4-13-14(8-16-12-5-6-12)19-15(17-13)18-9-10(2)7-11(18)3/h10-12,16H,4-9H2,1-3H3. The number of thiazole rings is 1. The number of anilines is 1. The molecule has 1 aliphatic heterocycles. The van der Waals surface area contributed by atoms with E-state index in [-0.39, 0.29) is 0 Å². The molecule has 0 amide bonds. The third kappa shape index (κ3) is 2.95.